The molecule has 168 valence electrons. The van der Waals surface area contributed by atoms with E-state index in [9.17, 15) is 4.79 Å². The summed E-state index contributed by atoms with van der Waals surface area (Å²) in [4.78, 5) is 17.5. The number of methoxy groups -OCH3 is 1. The lowest BCUT2D eigenvalue weighted by molar-refractivity contribution is -0.110. The summed E-state index contributed by atoms with van der Waals surface area (Å²) in [5.74, 6) is 1.21. The number of aromatic nitrogens is 1. The maximum absolute atomic E-state index is 12.8. The van der Waals surface area contributed by atoms with Crippen molar-refractivity contribution in [3.05, 3.63) is 83.6 Å². The average molecular weight is 442 g/mol. The van der Waals surface area contributed by atoms with Crippen molar-refractivity contribution >= 4 is 22.7 Å². The van der Waals surface area contributed by atoms with Crippen LogP contribution in [0.2, 0.25) is 0 Å². The van der Waals surface area contributed by atoms with Gasteiger partial charge in [0.25, 0.3) is 5.91 Å². The number of carbonyl (C=O) groups excluding carboxylic acids is 1. The highest BCUT2D eigenvalue weighted by molar-refractivity contribution is 6.31. The number of benzene rings is 1. The molecule has 3 aliphatic rings. The fourth-order valence-electron chi connectivity index (χ4n) is 4.73. The van der Waals surface area contributed by atoms with Crippen molar-refractivity contribution < 1.29 is 13.9 Å². The third kappa shape index (κ3) is 3.66. The van der Waals surface area contributed by atoms with E-state index in [1.54, 1.807) is 13.2 Å². The summed E-state index contributed by atoms with van der Waals surface area (Å²) in [6.45, 7) is 7.82. The van der Waals surface area contributed by atoms with Crippen molar-refractivity contribution in [2.24, 2.45) is 0 Å². The largest absolute Gasteiger partial charge is 0.436 e. The van der Waals surface area contributed by atoms with E-state index < -0.39 is 0 Å². The van der Waals surface area contributed by atoms with Crippen molar-refractivity contribution in [2.45, 2.75) is 38.8 Å². The normalized spacial score (nSPS) is 22.9. The maximum Gasteiger partial charge on any atom is 0.256 e. The Morgan fingerprint density at radius 3 is 2.85 bits per heavy atom. The molecule has 2 aliphatic heterocycles. The van der Waals surface area contributed by atoms with E-state index in [1.165, 1.54) is 0 Å². The van der Waals surface area contributed by atoms with Crippen LogP contribution in [0.15, 0.2) is 70.8 Å². The lowest BCUT2D eigenvalue weighted by atomic mass is 9.99. The van der Waals surface area contributed by atoms with E-state index in [0.29, 0.717) is 17.2 Å². The number of aryl methyl sites for hydroxylation is 1. The predicted molar refractivity (Wildman–Crippen MR) is 130 cm³/mol. The van der Waals surface area contributed by atoms with E-state index in [2.05, 4.69) is 40.4 Å². The Morgan fingerprint density at radius 2 is 2.12 bits per heavy atom. The van der Waals surface area contributed by atoms with Crippen molar-refractivity contribution in [3.8, 4) is 11.3 Å². The number of anilines is 1. The van der Waals surface area contributed by atoms with Gasteiger partial charge in [0.05, 0.1) is 11.7 Å². The topological polar surface area (TPSA) is 76.4 Å². The van der Waals surface area contributed by atoms with Gasteiger partial charge in [-0.25, -0.2) is 4.98 Å². The molecule has 1 aromatic carbocycles. The molecule has 0 radical (unpaired) electrons. The molecule has 1 aromatic heterocycles. The minimum Gasteiger partial charge on any atom is -0.436 e. The number of hydrogen-bond donors (Lipinski definition) is 2. The van der Waals surface area contributed by atoms with E-state index in [0.717, 1.165) is 52.2 Å². The van der Waals surface area contributed by atoms with Crippen LogP contribution >= 0.6 is 0 Å². The highest BCUT2D eigenvalue weighted by Crippen LogP contribution is 2.38. The van der Waals surface area contributed by atoms with Crippen molar-refractivity contribution in [1.82, 2.24) is 10.3 Å². The quantitative estimate of drug-likeness (QED) is 0.627. The first kappa shape index (κ1) is 21.2. The van der Waals surface area contributed by atoms with Crippen molar-refractivity contribution in [1.29, 1.82) is 0 Å². The molecule has 33 heavy (non-hydrogen) atoms. The number of fused-ring (bicyclic) bond motifs is 1. The SMILES string of the molecule is C=CC1=C(C)NC(/C=C2\C(=O)Nc3cc(-c4oc(C5=CCCC=C5)nc4C)ccc32)C1OC. The van der Waals surface area contributed by atoms with Crippen LogP contribution in [0, 0.1) is 6.92 Å². The van der Waals surface area contributed by atoms with Gasteiger partial charge in [-0.05, 0) is 38.8 Å². The van der Waals surface area contributed by atoms with E-state index in [4.69, 9.17) is 9.15 Å². The van der Waals surface area contributed by atoms with Crippen LogP contribution in [0.1, 0.15) is 36.9 Å². The number of oxazole rings is 1. The average Bonchev–Trinajstić information content (AvgIpc) is 3.46. The number of nitrogens with zero attached hydrogens (tertiary/aromatic N) is 1. The smallest absolute Gasteiger partial charge is 0.256 e. The molecule has 2 unspecified atom stereocenters. The van der Waals surface area contributed by atoms with Gasteiger partial charge in [-0.15, -0.1) is 0 Å². The summed E-state index contributed by atoms with van der Waals surface area (Å²) in [5, 5.41) is 6.40. The van der Waals surface area contributed by atoms with Crippen LogP contribution in [-0.4, -0.2) is 30.1 Å². The molecular weight excluding hydrogens is 414 g/mol. The third-order valence-corrected chi connectivity index (χ3v) is 6.37. The molecule has 6 heteroatoms. The van der Waals surface area contributed by atoms with Gasteiger partial charge in [-0.2, -0.15) is 0 Å². The molecule has 3 heterocycles. The van der Waals surface area contributed by atoms with E-state index >= 15 is 0 Å². The number of ether oxygens (including phenoxy) is 1. The Bertz CT molecular complexity index is 1280. The monoisotopic (exact) mass is 441 g/mol. The lowest BCUT2D eigenvalue weighted by Crippen LogP contribution is -2.32. The minimum absolute atomic E-state index is 0.129. The van der Waals surface area contributed by atoms with Crippen LogP contribution in [0.3, 0.4) is 0 Å². The molecule has 0 saturated heterocycles. The Kier molecular flexibility index (Phi) is 5.38. The zero-order chi connectivity index (χ0) is 23.1. The Morgan fingerprint density at radius 1 is 1.27 bits per heavy atom. The second kappa shape index (κ2) is 8.37. The summed E-state index contributed by atoms with van der Waals surface area (Å²) in [7, 11) is 1.67. The Hall–Kier alpha value is -3.64. The number of amides is 1. The van der Waals surface area contributed by atoms with Crippen LogP contribution in [-0.2, 0) is 9.53 Å². The zero-order valence-corrected chi connectivity index (χ0v) is 19.1. The molecular formula is C27H27N3O3. The molecule has 2 N–H and O–H groups in total. The maximum atomic E-state index is 12.8. The number of nitrogens with one attached hydrogen (secondary N) is 2. The first-order chi connectivity index (χ1) is 16.0. The van der Waals surface area contributed by atoms with Crippen molar-refractivity contribution in [2.75, 3.05) is 12.4 Å². The summed E-state index contributed by atoms with van der Waals surface area (Å²) in [5.41, 5.74) is 6.98. The van der Waals surface area contributed by atoms with Gasteiger partial charge in [0.2, 0.25) is 5.89 Å². The molecule has 0 saturated carbocycles. The fourth-order valence-corrected chi connectivity index (χ4v) is 4.73. The molecule has 1 aliphatic carbocycles. The lowest BCUT2D eigenvalue weighted by Gasteiger charge is -2.17. The standard InChI is InChI=1S/C27H27N3O3/c1-5-19-15(2)28-23(25(19)32-4)14-21-20-12-11-18(13-22(20)30-26(21)31)24-16(3)29-27(33-24)17-9-7-6-8-10-17/h5,7,9-14,23,25,28H,1,6,8H2,2-4H3,(H,30,31)/b21-14-. The van der Waals surface area contributed by atoms with Gasteiger partial charge in [0.1, 0.15) is 6.10 Å². The first-order valence-electron chi connectivity index (χ1n) is 11.1. The van der Waals surface area contributed by atoms with Gasteiger partial charge in [-0.3, -0.25) is 4.79 Å². The highest BCUT2D eigenvalue weighted by Gasteiger charge is 2.33. The van der Waals surface area contributed by atoms with Crippen molar-refractivity contribution in [3.63, 3.8) is 0 Å². The number of rotatable bonds is 5. The van der Waals surface area contributed by atoms with Crippen LogP contribution < -0.4 is 10.6 Å². The first-order valence-corrected chi connectivity index (χ1v) is 11.1. The summed E-state index contributed by atoms with van der Waals surface area (Å²) < 4.78 is 11.8. The summed E-state index contributed by atoms with van der Waals surface area (Å²) >= 11 is 0. The van der Waals surface area contributed by atoms with Gasteiger partial charge >= 0.3 is 0 Å². The molecule has 0 bridgehead atoms. The minimum atomic E-state index is -0.190. The number of hydrogen-bond acceptors (Lipinski definition) is 5. The molecule has 6 nitrogen and oxygen atoms in total. The van der Waals surface area contributed by atoms with Gasteiger partial charge in [0, 0.05) is 46.3 Å². The molecule has 2 atom stereocenters. The molecule has 2 aromatic rings. The van der Waals surface area contributed by atoms with Gasteiger partial charge in [0.15, 0.2) is 5.76 Å². The second-order valence-corrected chi connectivity index (χ2v) is 8.48. The van der Waals surface area contributed by atoms with Gasteiger partial charge < -0.3 is 19.8 Å². The van der Waals surface area contributed by atoms with Gasteiger partial charge in [-0.1, -0.05) is 43.0 Å². The van der Waals surface area contributed by atoms with Crippen LogP contribution in [0.25, 0.3) is 22.5 Å². The molecule has 1 amide bonds. The molecule has 0 spiro atoms. The zero-order valence-electron chi connectivity index (χ0n) is 19.1. The predicted octanol–water partition coefficient (Wildman–Crippen LogP) is 5.17. The van der Waals surface area contributed by atoms with E-state index in [1.807, 2.05) is 38.1 Å². The number of allylic oxidation sites excluding steroid dienone is 5. The second-order valence-electron chi connectivity index (χ2n) is 8.48. The van der Waals surface area contributed by atoms with Crippen LogP contribution in [0.5, 0.6) is 0 Å². The van der Waals surface area contributed by atoms with Crippen LogP contribution in [0.4, 0.5) is 5.69 Å². The highest BCUT2D eigenvalue weighted by atomic mass is 16.5. The Balaban J connectivity index is 1.46. The third-order valence-electron chi connectivity index (χ3n) is 6.37. The number of carbonyl (C=O) groups is 1. The summed E-state index contributed by atoms with van der Waals surface area (Å²) in [6, 6.07) is 5.74. The Labute approximate surface area is 193 Å². The summed E-state index contributed by atoms with van der Waals surface area (Å²) in [6.07, 6.45) is 11.9. The molecule has 5 rings (SSSR count). The fraction of sp³-hybridized carbons (Fsp3) is 0.259. The van der Waals surface area contributed by atoms with E-state index in [-0.39, 0.29) is 18.1 Å². The molecule has 0 fully saturated rings.